The maximum absolute atomic E-state index is 12.1. The Morgan fingerprint density at radius 3 is 3.00 bits per heavy atom. The molecule has 0 bridgehead atoms. The van der Waals surface area contributed by atoms with Crippen LogP contribution in [0.15, 0.2) is 12.1 Å². The van der Waals surface area contributed by atoms with Crippen LogP contribution in [0.1, 0.15) is 53.6 Å². The number of hydrogen-bond acceptors (Lipinski definition) is 3. The third kappa shape index (κ3) is 4.87. The molecule has 1 fully saturated rings. The van der Waals surface area contributed by atoms with Crippen LogP contribution in [0.3, 0.4) is 0 Å². The van der Waals surface area contributed by atoms with Crippen LogP contribution in [0.4, 0.5) is 0 Å². The third-order valence-electron chi connectivity index (χ3n) is 4.09. The lowest BCUT2D eigenvalue weighted by atomic mass is 9.80. The zero-order valence-corrected chi connectivity index (χ0v) is 13.3. The Bertz CT molecular complexity index is 526. The van der Waals surface area contributed by atoms with E-state index in [9.17, 15) is 4.79 Å². The first kappa shape index (κ1) is 16.1. The van der Waals surface area contributed by atoms with E-state index in [2.05, 4.69) is 24.1 Å². The number of carbonyl (C=O) groups excluding carboxylic acids is 1. The molecule has 2 unspecified atom stereocenters. The lowest BCUT2D eigenvalue weighted by molar-refractivity contribution is 0.0940. The largest absolute Gasteiger partial charge is 0.395 e. The van der Waals surface area contributed by atoms with Crippen LogP contribution in [-0.2, 0) is 0 Å². The second kappa shape index (κ2) is 8.21. The molecule has 1 aromatic heterocycles. The van der Waals surface area contributed by atoms with Gasteiger partial charge >= 0.3 is 0 Å². The highest BCUT2D eigenvalue weighted by Crippen LogP contribution is 2.29. The van der Waals surface area contributed by atoms with Crippen molar-refractivity contribution in [3.8, 4) is 11.8 Å². The number of amides is 1. The summed E-state index contributed by atoms with van der Waals surface area (Å²) in [7, 11) is 0. The number of thiophene rings is 1. The SMILES string of the molecule is CC1CCCCC1CNC(=O)c1ccc(C#CCCO)s1. The van der Waals surface area contributed by atoms with Crippen LogP contribution in [0.2, 0.25) is 0 Å². The van der Waals surface area contributed by atoms with Crippen LogP contribution in [0.5, 0.6) is 0 Å². The fraction of sp³-hybridized carbons (Fsp3) is 0.588. The molecule has 0 spiro atoms. The van der Waals surface area contributed by atoms with Crippen molar-refractivity contribution < 1.29 is 9.90 Å². The number of rotatable bonds is 4. The van der Waals surface area contributed by atoms with E-state index in [0.717, 1.165) is 11.4 Å². The van der Waals surface area contributed by atoms with Gasteiger partial charge in [0.15, 0.2) is 0 Å². The molecule has 0 aromatic carbocycles. The summed E-state index contributed by atoms with van der Waals surface area (Å²) in [6.07, 6.45) is 5.59. The molecule has 0 radical (unpaired) electrons. The Kier molecular flexibility index (Phi) is 6.28. The van der Waals surface area contributed by atoms with Crippen LogP contribution in [-0.4, -0.2) is 24.2 Å². The molecule has 4 heteroatoms. The molecule has 21 heavy (non-hydrogen) atoms. The maximum Gasteiger partial charge on any atom is 0.261 e. The van der Waals surface area contributed by atoms with Crippen molar-refractivity contribution in [1.82, 2.24) is 5.32 Å². The normalized spacial score (nSPS) is 21.4. The zero-order chi connectivity index (χ0) is 15.1. The molecule has 114 valence electrons. The highest BCUT2D eigenvalue weighted by Gasteiger charge is 2.22. The van der Waals surface area contributed by atoms with E-state index in [1.165, 1.54) is 37.0 Å². The quantitative estimate of drug-likeness (QED) is 0.840. The Morgan fingerprint density at radius 2 is 2.24 bits per heavy atom. The molecule has 2 rings (SSSR count). The van der Waals surface area contributed by atoms with E-state index < -0.39 is 0 Å². The van der Waals surface area contributed by atoms with Gasteiger partial charge in [0.05, 0.1) is 16.4 Å². The molecular formula is C17H23NO2S. The smallest absolute Gasteiger partial charge is 0.261 e. The fourth-order valence-corrected chi connectivity index (χ4v) is 3.54. The van der Waals surface area contributed by atoms with E-state index in [4.69, 9.17) is 5.11 Å². The standard InChI is InChI=1S/C17H23NO2S/c1-13-6-2-3-7-14(13)12-18-17(20)16-10-9-15(21-16)8-4-5-11-19/h9-10,13-14,19H,2-3,5-7,11-12H2,1H3,(H,18,20). The fourth-order valence-electron chi connectivity index (χ4n) is 2.74. The molecule has 1 aromatic rings. The van der Waals surface area contributed by atoms with Crippen LogP contribution in [0, 0.1) is 23.7 Å². The minimum atomic E-state index is 0.00739. The van der Waals surface area contributed by atoms with Gasteiger partial charge in [-0.3, -0.25) is 4.79 Å². The second-order valence-electron chi connectivity index (χ2n) is 5.67. The molecule has 1 amide bonds. The van der Waals surface area contributed by atoms with Gasteiger partial charge in [-0.1, -0.05) is 38.0 Å². The van der Waals surface area contributed by atoms with E-state index >= 15 is 0 Å². The average molecular weight is 305 g/mol. The van der Waals surface area contributed by atoms with Gasteiger partial charge < -0.3 is 10.4 Å². The first-order chi connectivity index (χ1) is 10.2. The topological polar surface area (TPSA) is 49.3 Å². The van der Waals surface area contributed by atoms with Gasteiger partial charge in [0.2, 0.25) is 0 Å². The van der Waals surface area contributed by atoms with E-state index in [1.54, 1.807) is 0 Å². The van der Waals surface area contributed by atoms with Gasteiger partial charge in [-0.05, 0) is 30.4 Å². The minimum Gasteiger partial charge on any atom is -0.395 e. The molecule has 2 atom stereocenters. The second-order valence-corrected chi connectivity index (χ2v) is 6.75. The van der Waals surface area contributed by atoms with Gasteiger partial charge in [0, 0.05) is 13.0 Å². The van der Waals surface area contributed by atoms with Crippen molar-refractivity contribution in [3.63, 3.8) is 0 Å². The molecule has 3 nitrogen and oxygen atoms in total. The van der Waals surface area contributed by atoms with Crippen molar-refractivity contribution in [2.45, 2.75) is 39.0 Å². The summed E-state index contributed by atoms with van der Waals surface area (Å²) in [5.41, 5.74) is 0. The van der Waals surface area contributed by atoms with Gasteiger partial charge in [-0.25, -0.2) is 0 Å². The number of carbonyl (C=O) groups is 1. The van der Waals surface area contributed by atoms with Gasteiger partial charge in [0.1, 0.15) is 0 Å². The predicted octanol–water partition coefficient (Wildman–Crippen LogP) is 3.04. The summed E-state index contributed by atoms with van der Waals surface area (Å²) >= 11 is 1.41. The van der Waals surface area contributed by atoms with E-state index in [0.29, 0.717) is 23.1 Å². The number of aliphatic hydroxyl groups excluding tert-OH is 1. The van der Waals surface area contributed by atoms with Crippen molar-refractivity contribution in [2.24, 2.45) is 11.8 Å². The maximum atomic E-state index is 12.1. The van der Waals surface area contributed by atoms with Gasteiger partial charge in [-0.15, -0.1) is 11.3 Å². The number of hydrogen-bond donors (Lipinski definition) is 2. The minimum absolute atomic E-state index is 0.00739. The molecule has 1 aliphatic carbocycles. The Balaban J connectivity index is 1.84. The number of aliphatic hydroxyl groups is 1. The highest BCUT2D eigenvalue weighted by atomic mass is 32.1. The Labute approximate surface area is 130 Å². The molecular weight excluding hydrogens is 282 g/mol. The van der Waals surface area contributed by atoms with Crippen molar-refractivity contribution in [2.75, 3.05) is 13.2 Å². The third-order valence-corrected chi connectivity index (χ3v) is 5.09. The summed E-state index contributed by atoms with van der Waals surface area (Å²) in [5.74, 6) is 7.17. The summed E-state index contributed by atoms with van der Waals surface area (Å²) < 4.78 is 0. The summed E-state index contributed by atoms with van der Waals surface area (Å²) in [5, 5.41) is 11.8. The Hall–Kier alpha value is -1.31. The molecule has 1 saturated carbocycles. The molecule has 1 aliphatic rings. The Morgan fingerprint density at radius 1 is 1.43 bits per heavy atom. The summed E-state index contributed by atoms with van der Waals surface area (Å²) in [6.45, 7) is 3.14. The molecule has 2 N–H and O–H groups in total. The lowest BCUT2D eigenvalue weighted by Gasteiger charge is -2.28. The summed E-state index contributed by atoms with van der Waals surface area (Å²) in [6, 6.07) is 3.69. The van der Waals surface area contributed by atoms with E-state index in [1.807, 2.05) is 12.1 Å². The highest BCUT2D eigenvalue weighted by molar-refractivity contribution is 7.14. The molecule has 1 heterocycles. The predicted molar refractivity (Wildman–Crippen MR) is 86.4 cm³/mol. The summed E-state index contributed by atoms with van der Waals surface area (Å²) in [4.78, 5) is 13.7. The van der Waals surface area contributed by atoms with Gasteiger partial charge in [-0.2, -0.15) is 0 Å². The molecule has 0 saturated heterocycles. The van der Waals surface area contributed by atoms with Gasteiger partial charge in [0.25, 0.3) is 5.91 Å². The van der Waals surface area contributed by atoms with Crippen molar-refractivity contribution >= 4 is 17.2 Å². The monoisotopic (exact) mass is 305 g/mol. The lowest BCUT2D eigenvalue weighted by Crippen LogP contribution is -2.33. The molecule has 0 aliphatic heterocycles. The number of nitrogens with one attached hydrogen (secondary N) is 1. The van der Waals surface area contributed by atoms with Crippen LogP contribution < -0.4 is 5.32 Å². The first-order valence-electron chi connectivity index (χ1n) is 7.68. The van der Waals surface area contributed by atoms with Crippen molar-refractivity contribution in [3.05, 3.63) is 21.9 Å². The zero-order valence-electron chi connectivity index (χ0n) is 12.5. The first-order valence-corrected chi connectivity index (χ1v) is 8.50. The average Bonchev–Trinajstić information content (AvgIpc) is 2.95. The van der Waals surface area contributed by atoms with Crippen molar-refractivity contribution in [1.29, 1.82) is 0 Å². The van der Waals surface area contributed by atoms with Crippen LogP contribution in [0.25, 0.3) is 0 Å². The van der Waals surface area contributed by atoms with Crippen LogP contribution >= 0.6 is 11.3 Å². The van der Waals surface area contributed by atoms with E-state index in [-0.39, 0.29) is 12.5 Å².